The van der Waals surface area contributed by atoms with E-state index in [-0.39, 0.29) is 5.56 Å². The normalized spacial score (nSPS) is 11.2. The third kappa shape index (κ3) is 3.38. The number of ether oxygens (including phenoxy) is 1. The molecule has 0 saturated heterocycles. The lowest BCUT2D eigenvalue weighted by molar-refractivity contribution is 0.0697. The number of rotatable bonds is 5. The number of nitrogens with one attached hydrogen (secondary N) is 1. The Hall–Kier alpha value is -3.86. The fourth-order valence-corrected chi connectivity index (χ4v) is 3.14. The Kier molecular flexibility index (Phi) is 4.64. The van der Waals surface area contributed by atoms with Gasteiger partial charge in [-0.25, -0.2) is 4.79 Å². The summed E-state index contributed by atoms with van der Waals surface area (Å²) in [7, 11) is 1.64. The summed E-state index contributed by atoms with van der Waals surface area (Å²) in [6, 6.07) is 22.4. The number of hydrogen-bond acceptors (Lipinski definition) is 3. The number of aromatic carboxylic acids is 1. The van der Waals surface area contributed by atoms with Gasteiger partial charge in [0.2, 0.25) is 0 Å². The zero-order valence-electron chi connectivity index (χ0n) is 15.2. The zero-order valence-corrected chi connectivity index (χ0v) is 15.2. The minimum Gasteiger partial charge on any atom is -0.497 e. The van der Waals surface area contributed by atoms with E-state index < -0.39 is 5.97 Å². The van der Waals surface area contributed by atoms with E-state index >= 15 is 0 Å². The Morgan fingerprint density at radius 1 is 1.04 bits per heavy atom. The maximum atomic E-state index is 11.2. The first-order chi connectivity index (χ1) is 13.7. The lowest BCUT2D eigenvalue weighted by Crippen LogP contribution is -1.94. The SMILES string of the molecule is COc1ccc2[nH]c(-c3ccccc3)c(C=Nc3cccc(C(=O)O)c3)c2c1. The van der Waals surface area contributed by atoms with E-state index in [1.807, 2.05) is 48.5 Å². The summed E-state index contributed by atoms with van der Waals surface area (Å²) in [6.45, 7) is 0. The number of nitrogens with zero attached hydrogens (tertiary/aromatic N) is 1. The fraction of sp³-hybridized carbons (Fsp3) is 0.0435. The molecule has 0 aliphatic heterocycles. The third-order valence-corrected chi connectivity index (χ3v) is 4.54. The van der Waals surface area contributed by atoms with E-state index in [1.54, 1.807) is 37.6 Å². The molecule has 0 saturated carbocycles. The number of fused-ring (bicyclic) bond motifs is 1. The Morgan fingerprint density at radius 3 is 2.61 bits per heavy atom. The van der Waals surface area contributed by atoms with Gasteiger partial charge in [0.15, 0.2) is 0 Å². The summed E-state index contributed by atoms with van der Waals surface area (Å²) in [4.78, 5) is 19.2. The number of carbonyl (C=O) groups is 1. The summed E-state index contributed by atoms with van der Waals surface area (Å²) >= 11 is 0. The van der Waals surface area contributed by atoms with Gasteiger partial charge in [0.1, 0.15) is 5.75 Å². The lowest BCUT2D eigenvalue weighted by atomic mass is 10.1. The molecule has 4 aromatic rings. The van der Waals surface area contributed by atoms with Crippen molar-refractivity contribution in [2.75, 3.05) is 7.11 Å². The monoisotopic (exact) mass is 370 g/mol. The van der Waals surface area contributed by atoms with Gasteiger partial charge in [0.25, 0.3) is 0 Å². The van der Waals surface area contributed by atoms with Crippen LogP contribution in [-0.2, 0) is 0 Å². The van der Waals surface area contributed by atoms with E-state index in [2.05, 4.69) is 9.98 Å². The molecule has 0 bridgehead atoms. The average molecular weight is 370 g/mol. The van der Waals surface area contributed by atoms with Crippen molar-refractivity contribution >= 4 is 28.8 Å². The molecule has 0 unspecified atom stereocenters. The van der Waals surface area contributed by atoms with Gasteiger partial charge in [-0.3, -0.25) is 4.99 Å². The first-order valence-electron chi connectivity index (χ1n) is 8.78. The fourth-order valence-electron chi connectivity index (χ4n) is 3.14. The van der Waals surface area contributed by atoms with Gasteiger partial charge in [-0.1, -0.05) is 36.4 Å². The van der Waals surface area contributed by atoms with Crippen LogP contribution in [0.3, 0.4) is 0 Å². The Balaban J connectivity index is 1.86. The quantitative estimate of drug-likeness (QED) is 0.469. The van der Waals surface area contributed by atoms with Gasteiger partial charge in [-0.15, -0.1) is 0 Å². The van der Waals surface area contributed by atoms with Gasteiger partial charge < -0.3 is 14.8 Å². The predicted molar refractivity (Wildman–Crippen MR) is 111 cm³/mol. The molecule has 4 rings (SSSR count). The molecule has 28 heavy (non-hydrogen) atoms. The topological polar surface area (TPSA) is 74.7 Å². The lowest BCUT2D eigenvalue weighted by Gasteiger charge is -2.02. The first-order valence-corrected chi connectivity index (χ1v) is 8.78. The van der Waals surface area contributed by atoms with Crippen molar-refractivity contribution in [2.24, 2.45) is 4.99 Å². The van der Waals surface area contributed by atoms with Crippen LogP contribution >= 0.6 is 0 Å². The molecule has 0 radical (unpaired) electrons. The minimum absolute atomic E-state index is 0.207. The molecule has 0 amide bonds. The van der Waals surface area contributed by atoms with Crippen LogP contribution in [0.2, 0.25) is 0 Å². The van der Waals surface area contributed by atoms with Gasteiger partial charge in [-0.2, -0.15) is 0 Å². The number of carboxylic acids is 1. The van der Waals surface area contributed by atoms with Crippen molar-refractivity contribution in [3.63, 3.8) is 0 Å². The van der Waals surface area contributed by atoms with Crippen LogP contribution in [0.25, 0.3) is 22.2 Å². The van der Waals surface area contributed by atoms with Crippen LogP contribution in [-0.4, -0.2) is 29.4 Å². The van der Waals surface area contributed by atoms with E-state index in [9.17, 15) is 9.90 Å². The van der Waals surface area contributed by atoms with Gasteiger partial charge >= 0.3 is 5.97 Å². The van der Waals surface area contributed by atoms with Gasteiger partial charge in [-0.05, 0) is 42.0 Å². The molecule has 2 N–H and O–H groups in total. The molecule has 0 spiro atoms. The van der Waals surface area contributed by atoms with Crippen LogP contribution in [0.15, 0.2) is 77.8 Å². The van der Waals surface area contributed by atoms with E-state index in [4.69, 9.17) is 4.74 Å². The Morgan fingerprint density at radius 2 is 1.86 bits per heavy atom. The van der Waals surface area contributed by atoms with Gasteiger partial charge in [0, 0.05) is 22.7 Å². The largest absolute Gasteiger partial charge is 0.497 e. The predicted octanol–water partition coefficient (Wildman–Crippen LogP) is 5.29. The molecule has 5 heteroatoms. The van der Waals surface area contributed by atoms with Crippen LogP contribution < -0.4 is 4.74 Å². The molecule has 5 nitrogen and oxygen atoms in total. The van der Waals surface area contributed by atoms with Crippen molar-refractivity contribution < 1.29 is 14.6 Å². The standard InChI is InChI=1S/C23H18N2O3/c1-28-18-10-11-21-19(13-18)20(22(25-21)15-6-3-2-4-7-15)14-24-17-9-5-8-16(12-17)23(26)27/h2-14,25H,1H3,(H,26,27). The van der Waals surface area contributed by atoms with Crippen molar-refractivity contribution in [1.29, 1.82) is 0 Å². The second-order valence-corrected chi connectivity index (χ2v) is 6.30. The number of H-pyrrole nitrogens is 1. The number of hydrogen-bond donors (Lipinski definition) is 2. The summed E-state index contributed by atoms with van der Waals surface area (Å²) in [5.74, 6) is -0.215. The van der Waals surface area contributed by atoms with E-state index in [1.165, 1.54) is 0 Å². The summed E-state index contributed by atoms with van der Waals surface area (Å²) in [5, 5.41) is 10.2. The summed E-state index contributed by atoms with van der Waals surface area (Å²) in [5.41, 5.74) is 4.66. The molecule has 0 aliphatic carbocycles. The highest BCUT2D eigenvalue weighted by Crippen LogP contribution is 2.32. The number of aliphatic imine (C=N–C) groups is 1. The van der Waals surface area contributed by atoms with Gasteiger partial charge in [0.05, 0.1) is 24.1 Å². The molecule has 3 aromatic carbocycles. The van der Waals surface area contributed by atoms with Crippen molar-refractivity contribution in [3.05, 3.63) is 83.9 Å². The van der Waals surface area contributed by atoms with Crippen LogP contribution in [0.1, 0.15) is 15.9 Å². The highest BCUT2D eigenvalue weighted by atomic mass is 16.5. The minimum atomic E-state index is -0.973. The van der Waals surface area contributed by atoms with Crippen LogP contribution in [0.4, 0.5) is 5.69 Å². The van der Waals surface area contributed by atoms with Crippen LogP contribution in [0.5, 0.6) is 5.75 Å². The zero-order chi connectivity index (χ0) is 19.5. The Labute approximate surface area is 161 Å². The maximum Gasteiger partial charge on any atom is 0.335 e. The summed E-state index contributed by atoms with van der Waals surface area (Å²) in [6.07, 6.45) is 1.77. The number of aromatic nitrogens is 1. The van der Waals surface area contributed by atoms with Crippen molar-refractivity contribution in [2.45, 2.75) is 0 Å². The van der Waals surface area contributed by atoms with Crippen molar-refractivity contribution in [1.82, 2.24) is 4.98 Å². The molecule has 138 valence electrons. The molecular weight excluding hydrogens is 352 g/mol. The smallest absolute Gasteiger partial charge is 0.335 e. The highest BCUT2D eigenvalue weighted by molar-refractivity contribution is 6.07. The summed E-state index contributed by atoms with van der Waals surface area (Å²) < 4.78 is 5.37. The molecule has 0 fully saturated rings. The van der Waals surface area contributed by atoms with E-state index in [0.29, 0.717) is 5.69 Å². The molecule has 1 heterocycles. The molecule has 0 atom stereocenters. The number of benzene rings is 3. The number of carboxylic acid groups (broad SMARTS) is 1. The number of methoxy groups -OCH3 is 1. The van der Waals surface area contributed by atoms with Crippen molar-refractivity contribution in [3.8, 4) is 17.0 Å². The maximum absolute atomic E-state index is 11.2. The average Bonchev–Trinajstić information content (AvgIpc) is 3.10. The van der Waals surface area contributed by atoms with Crippen LogP contribution in [0, 0.1) is 0 Å². The highest BCUT2D eigenvalue weighted by Gasteiger charge is 2.12. The Bertz CT molecular complexity index is 1180. The second-order valence-electron chi connectivity index (χ2n) is 6.30. The third-order valence-electron chi connectivity index (χ3n) is 4.54. The first kappa shape index (κ1) is 17.5. The number of aromatic amines is 1. The molecule has 0 aliphatic rings. The second kappa shape index (κ2) is 7.40. The van der Waals surface area contributed by atoms with E-state index in [0.717, 1.165) is 33.5 Å². The molecule has 1 aromatic heterocycles. The molecular formula is C23H18N2O3.